The average Bonchev–Trinajstić information content (AvgIpc) is 3.37. The van der Waals surface area contributed by atoms with E-state index in [1.54, 1.807) is 20.0 Å². The lowest BCUT2D eigenvalue weighted by molar-refractivity contribution is -0.129. The zero-order valence-corrected chi connectivity index (χ0v) is 25.5. The summed E-state index contributed by atoms with van der Waals surface area (Å²) in [6.07, 6.45) is 3.10. The van der Waals surface area contributed by atoms with Crippen LogP contribution in [0.15, 0.2) is 30.5 Å². The first-order chi connectivity index (χ1) is 19.5. The minimum Gasteiger partial charge on any atom is -0.354 e. The Labute approximate surface area is 243 Å². The van der Waals surface area contributed by atoms with E-state index >= 15 is 0 Å². The molecule has 2 fully saturated rings. The number of hydrogen-bond acceptors (Lipinski definition) is 7. The van der Waals surface area contributed by atoms with Gasteiger partial charge in [0, 0.05) is 62.6 Å². The average molecular weight is 583 g/mol. The van der Waals surface area contributed by atoms with E-state index in [0.29, 0.717) is 29.8 Å². The smallest absolute Gasteiger partial charge is 0.251 e. The zero-order chi connectivity index (χ0) is 29.5. The Morgan fingerprint density at radius 3 is 2.46 bits per heavy atom. The molecule has 41 heavy (non-hydrogen) atoms. The topological polar surface area (TPSA) is 115 Å². The van der Waals surface area contributed by atoms with E-state index in [1.807, 2.05) is 38.1 Å². The second-order valence-electron chi connectivity index (χ2n) is 12.1. The molecule has 222 valence electrons. The molecule has 11 heteroatoms. The fourth-order valence-electron chi connectivity index (χ4n) is 6.12. The Hall–Kier alpha value is -3.18. The number of rotatable bonds is 7. The molecule has 2 N–H and O–H groups in total. The number of piperidine rings is 1. The van der Waals surface area contributed by atoms with Crippen molar-refractivity contribution >= 4 is 33.3 Å². The Kier molecular flexibility index (Phi) is 8.29. The summed E-state index contributed by atoms with van der Waals surface area (Å²) in [6, 6.07) is 7.78. The molecule has 10 nitrogen and oxygen atoms in total. The van der Waals surface area contributed by atoms with Crippen LogP contribution in [0, 0.1) is 11.8 Å². The summed E-state index contributed by atoms with van der Waals surface area (Å²) in [5.74, 6) is 0.395. The third kappa shape index (κ3) is 5.92. The van der Waals surface area contributed by atoms with Crippen LogP contribution in [0.5, 0.6) is 0 Å². The van der Waals surface area contributed by atoms with E-state index in [1.165, 1.54) is 4.31 Å². The van der Waals surface area contributed by atoms with Crippen molar-refractivity contribution in [1.29, 1.82) is 0 Å². The second kappa shape index (κ2) is 11.6. The molecule has 4 heterocycles. The van der Waals surface area contributed by atoms with Crippen molar-refractivity contribution < 1.29 is 18.0 Å². The van der Waals surface area contributed by atoms with Gasteiger partial charge >= 0.3 is 0 Å². The van der Waals surface area contributed by atoms with Gasteiger partial charge in [-0.25, -0.2) is 13.4 Å². The molecule has 0 spiro atoms. The van der Waals surface area contributed by atoms with Crippen LogP contribution in [0.25, 0.3) is 11.1 Å². The summed E-state index contributed by atoms with van der Waals surface area (Å²) in [5, 5.41) is 5.38. The van der Waals surface area contributed by atoms with E-state index in [0.717, 1.165) is 49.5 Å². The van der Waals surface area contributed by atoms with Crippen molar-refractivity contribution in [3.8, 4) is 11.1 Å². The summed E-state index contributed by atoms with van der Waals surface area (Å²) >= 11 is 0. The number of piperazine rings is 1. The maximum absolute atomic E-state index is 13.6. The predicted molar refractivity (Wildman–Crippen MR) is 162 cm³/mol. The monoisotopic (exact) mass is 582 g/mol. The molecule has 2 amide bonds. The molecule has 0 radical (unpaired) electrons. The van der Waals surface area contributed by atoms with Gasteiger partial charge in [0.1, 0.15) is 5.82 Å². The molecule has 3 atom stereocenters. The maximum Gasteiger partial charge on any atom is 0.251 e. The van der Waals surface area contributed by atoms with Gasteiger partial charge in [-0.05, 0) is 82.0 Å². The van der Waals surface area contributed by atoms with Crippen LogP contribution >= 0.6 is 0 Å². The molecule has 2 aromatic rings. The minimum absolute atomic E-state index is 0.0451. The number of fused-ring (bicyclic) bond motifs is 1. The maximum atomic E-state index is 13.6. The van der Waals surface area contributed by atoms with E-state index in [4.69, 9.17) is 4.98 Å². The summed E-state index contributed by atoms with van der Waals surface area (Å²) in [5.41, 5.74) is 3.24. The Balaban J connectivity index is 1.46. The molecule has 0 saturated carbocycles. The number of hydrogen-bond donors (Lipinski definition) is 2. The molecule has 1 aromatic heterocycles. The molecule has 1 aromatic carbocycles. The SMILES string of the molecule is CC1CC(C)C(CNC(=O)c2cc(-c3ccc(N4CCN(C)CC4)nc3)cc3c2CCN3S(=O)(=O)C(C)C)C(=O)N1. The number of amides is 2. The van der Waals surface area contributed by atoms with Crippen LogP contribution in [0.4, 0.5) is 11.5 Å². The van der Waals surface area contributed by atoms with Crippen molar-refractivity contribution in [2.24, 2.45) is 11.8 Å². The molecule has 0 aliphatic carbocycles. The molecule has 3 unspecified atom stereocenters. The predicted octanol–water partition coefficient (Wildman–Crippen LogP) is 2.49. The highest BCUT2D eigenvalue weighted by Gasteiger charge is 2.36. The molecule has 2 saturated heterocycles. The van der Waals surface area contributed by atoms with Crippen molar-refractivity contribution in [2.75, 3.05) is 55.5 Å². The Bertz CT molecular complexity index is 1400. The summed E-state index contributed by atoms with van der Waals surface area (Å²) in [4.78, 5) is 35.5. The Morgan fingerprint density at radius 1 is 1.10 bits per heavy atom. The van der Waals surface area contributed by atoms with Crippen molar-refractivity contribution in [3.05, 3.63) is 41.6 Å². The number of pyridine rings is 1. The fourth-order valence-corrected chi connectivity index (χ4v) is 7.42. The lowest BCUT2D eigenvalue weighted by Crippen LogP contribution is -2.50. The fraction of sp³-hybridized carbons (Fsp3) is 0.567. The van der Waals surface area contributed by atoms with Crippen molar-refractivity contribution in [2.45, 2.75) is 51.8 Å². The molecular formula is C30H42N6O4S. The quantitative estimate of drug-likeness (QED) is 0.516. The zero-order valence-electron chi connectivity index (χ0n) is 24.7. The number of sulfonamides is 1. The standard InChI is InChI=1S/C30H42N6O4S/c1-19(2)41(39,40)36-9-8-24-25(29(37)32-18-26-20(3)14-21(4)33-30(26)38)15-23(16-27(24)36)22-6-7-28(31-17-22)35-12-10-34(5)11-13-35/h6-7,15-17,19-21,26H,8-14,18H2,1-5H3,(H,32,37)(H,33,38). The number of carbonyl (C=O) groups excluding carboxylic acids is 2. The van der Waals surface area contributed by atoms with Gasteiger partial charge in [-0.15, -0.1) is 0 Å². The number of benzene rings is 1. The largest absolute Gasteiger partial charge is 0.354 e. The van der Waals surface area contributed by atoms with Gasteiger partial charge < -0.3 is 20.4 Å². The molecule has 0 bridgehead atoms. The summed E-state index contributed by atoms with van der Waals surface area (Å²) < 4.78 is 28.0. The van der Waals surface area contributed by atoms with E-state index in [-0.39, 0.29) is 36.2 Å². The highest BCUT2D eigenvalue weighted by molar-refractivity contribution is 7.93. The van der Waals surface area contributed by atoms with E-state index < -0.39 is 15.3 Å². The number of carbonyl (C=O) groups is 2. The van der Waals surface area contributed by atoms with Gasteiger partial charge in [0.15, 0.2) is 0 Å². The lowest BCUT2D eigenvalue weighted by Gasteiger charge is -2.33. The van der Waals surface area contributed by atoms with Crippen molar-refractivity contribution in [3.63, 3.8) is 0 Å². The normalized spacial score (nSPS) is 23.5. The first-order valence-electron chi connectivity index (χ1n) is 14.6. The highest BCUT2D eigenvalue weighted by Crippen LogP contribution is 2.38. The summed E-state index contributed by atoms with van der Waals surface area (Å²) in [6.45, 7) is 11.7. The molecule has 5 rings (SSSR count). The number of anilines is 2. The van der Waals surface area contributed by atoms with E-state index in [2.05, 4.69) is 27.5 Å². The van der Waals surface area contributed by atoms with Gasteiger partial charge in [0.2, 0.25) is 15.9 Å². The first-order valence-corrected chi connectivity index (χ1v) is 16.1. The number of aromatic nitrogens is 1. The van der Waals surface area contributed by atoms with Gasteiger partial charge in [-0.2, -0.15) is 0 Å². The lowest BCUT2D eigenvalue weighted by atomic mass is 9.84. The third-order valence-electron chi connectivity index (χ3n) is 8.74. The third-order valence-corrected chi connectivity index (χ3v) is 10.9. The van der Waals surface area contributed by atoms with Crippen LogP contribution < -0.4 is 19.8 Å². The molecular weight excluding hydrogens is 540 g/mol. The first kappa shape index (κ1) is 29.3. The van der Waals surface area contributed by atoms with Crippen LogP contribution in [-0.2, 0) is 21.2 Å². The second-order valence-corrected chi connectivity index (χ2v) is 14.5. The molecule has 3 aliphatic heterocycles. The van der Waals surface area contributed by atoms with Crippen molar-refractivity contribution in [1.82, 2.24) is 20.5 Å². The molecule has 3 aliphatic rings. The van der Waals surface area contributed by atoms with Gasteiger partial charge in [-0.1, -0.05) is 6.92 Å². The van der Waals surface area contributed by atoms with Gasteiger partial charge in [0.05, 0.1) is 16.9 Å². The van der Waals surface area contributed by atoms with Gasteiger partial charge in [0.25, 0.3) is 5.91 Å². The van der Waals surface area contributed by atoms with Crippen LogP contribution in [0.3, 0.4) is 0 Å². The Morgan fingerprint density at radius 2 is 1.83 bits per heavy atom. The number of likely N-dealkylation sites (N-methyl/N-ethyl adjacent to an activating group) is 1. The number of nitrogens with zero attached hydrogens (tertiary/aromatic N) is 4. The van der Waals surface area contributed by atoms with E-state index in [9.17, 15) is 18.0 Å². The van der Waals surface area contributed by atoms with Crippen LogP contribution in [0.1, 0.15) is 50.0 Å². The summed E-state index contributed by atoms with van der Waals surface area (Å²) in [7, 11) is -1.47. The minimum atomic E-state index is -3.58. The van der Waals surface area contributed by atoms with Crippen LogP contribution in [-0.4, -0.2) is 87.7 Å². The highest BCUT2D eigenvalue weighted by atomic mass is 32.2. The number of nitrogens with one attached hydrogen (secondary N) is 2. The van der Waals surface area contributed by atoms with Crippen LogP contribution in [0.2, 0.25) is 0 Å². The van der Waals surface area contributed by atoms with Gasteiger partial charge in [-0.3, -0.25) is 13.9 Å².